The summed E-state index contributed by atoms with van der Waals surface area (Å²) in [5.74, 6) is -0.168. The van der Waals surface area contributed by atoms with E-state index in [4.69, 9.17) is 4.74 Å². The lowest BCUT2D eigenvalue weighted by atomic mass is 10.1. The Hall–Kier alpha value is -3.28. The summed E-state index contributed by atoms with van der Waals surface area (Å²) in [6.07, 6.45) is -2.73. The highest BCUT2D eigenvalue weighted by Gasteiger charge is 2.34. The summed E-state index contributed by atoms with van der Waals surface area (Å²) in [6, 6.07) is 10.5. The number of rotatable bonds is 6. The summed E-state index contributed by atoms with van der Waals surface area (Å²) in [4.78, 5) is 27.7. The van der Waals surface area contributed by atoms with Crippen LogP contribution in [0.1, 0.15) is 16.0 Å². The molecule has 35 heavy (non-hydrogen) atoms. The number of morpholine rings is 1. The van der Waals surface area contributed by atoms with Crippen molar-refractivity contribution in [2.24, 2.45) is 0 Å². The first-order valence-electron chi connectivity index (χ1n) is 11.1. The highest BCUT2D eigenvalue weighted by molar-refractivity contribution is 7.15. The van der Waals surface area contributed by atoms with Gasteiger partial charge in [0, 0.05) is 36.3 Å². The second-order valence-corrected chi connectivity index (χ2v) is 9.30. The molecule has 182 valence electrons. The number of aromatic nitrogens is 3. The van der Waals surface area contributed by atoms with E-state index in [1.807, 2.05) is 0 Å². The Kier molecular flexibility index (Phi) is 6.54. The Balaban J connectivity index is 1.31. The molecule has 0 unspecified atom stereocenters. The number of aromatic amines is 1. The minimum atomic E-state index is -4.51. The molecule has 0 spiro atoms. The Morgan fingerprint density at radius 3 is 2.74 bits per heavy atom. The highest BCUT2D eigenvalue weighted by atomic mass is 32.1. The van der Waals surface area contributed by atoms with Gasteiger partial charge >= 0.3 is 6.18 Å². The molecule has 4 aromatic rings. The number of thiazole rings is 1. The lowest BCUT2D eigenvalue weighted by Crippen LogP contribution is -2.35. The first-order valence-corrected chi connectivity index (χ1v) is 11.9. The summed E-state index contributed by atoms with van der Waals surface area (Å²) in [6.45, 7) is 3.91. The molecule has 3 heterocycles. The first kappa shape index (κ1) is 23.5. The number of fused-ring (bicyclic) bond motifs is 1. The number of halogens is 3. The van der Waals surface area contributed by atoms with Gasteiger partial charge in [-0.25, -0.2) is 9.97 Å². The van der Waals surface area contributed by atoms with Crippen LogP contribution in [0.4, 0.5) is 18.3 Å². The van der Waals surface area contributed by atoms with Crippen LogP contribution in [0.5, 0.6) is 0 Å². The van der Waals surface area contributed by atoms with Crippen LogP contribution in [-0.2, 0) is 28.7 Å². The van der Waals surface area contributed by atoms with Gasteiger partial charge in [-0.3, -0.25) is 9.69 Å². The molecule has 0 bridgehead atoms. The van der Waals surface area contributed by atoms with Crippen LogP contribution in [0, 0.1) is 0 Å². The predicted octanol–water partition coefficient (Wildman–Crippen LogP) is 4.72. The number of nitrogens with one attached hydrogen (secondary N) is 2. The number of ether oxygens (including phenoxy) is 1. The largest absolute Gasteiger partial charge is 0.417 e. The molecular formula is C24H22F3N5O2S. The molecular weight excluding hydrogens is 479 g/mol. The van der Waals surface area contributed by atoms with Crippen LogP contribution >= 0.6 is 11.3 Å². The minimum absolute atomic E-state index is 0.0148. The maximum Gasteiger partial charge on any atom is 0.417 e. The van der Waals surface area contributed by atoms with E-state index >= 15 is 0 Å². The molecule has 1 fully saturated rings. The monoisotopic (exact) mass is 501 g/mol. The number of imidazole rings is 1. The standard InChI is InChI=1S/C24H22F3N5O2S/c25-24(26,27)18-6-2-1-5-17(18)22-29-19-7-3-4-15(21(19)31-22)12-20(33)30-23-28-13-16(35-23)14-32-8-10-34-11-9-32/h1-7,13H,8-12,14H2,(H,29,31)(H,28,30,33). The molecule has 2 aromatic heterocycles. The van der Waals surface area contributed by atoms with Gasteiger partial charge in [0.05, 0.1) is 36.2 Å². The topological polar surface area (TPSA) is 83.1 Å². The number of carbonyl (C=O) groups is 1. The molecule has 1 amide bonds. The van der Waals surface area contributed by atoms with E-state index < -0.39 is 11.7 Å². The molecule has 2 N–H and O–H groups in total. The SMILES string of the molecule is O=C(Cc1cccc2[nH]c(-c3ccccc3C(F)(F)F)nc12)Nc1ncc(CN2CCOCC2)s1. The van der Waals surface area contributed by atoms with Crippen LogP contribution in [0.2, 0.25) is 0 Å². The zero-order valence-corrected chi connectivity index (χ0v) is 19.4. The Labute approximate surface area is 203 Å². The Morgan fingerprint density at radius 1 is 1.14 bits per heavy atom. The maximum absolute atomic E-state index is 13.5. The van der Waals surface area contributed by atoms with Gasteiger partial charge in [-0.2, -0.15) is 13.2 Å². The van der Waals surface area contributed by atoms with Crippen molar-refractivity contribution >= 4 is 33.4 Å². The van der Waals surface area contributed by atoms with Crippen molar-refractivity contribution in [2.75, 3.05) is 31.6 Å². The lowest BCUT2D eigenvalue weighted by molar-refractivity contribution is -0.137. The Bertz CT molecular complexity index is 1340. The first-order chi connectivity index (χ1) is 16.9. The number of hydrogen-bond donors (Lipinski definition) is 2. The van der Waals surface area contributed by atoms with Gasteiger partial charge in [-0.1, -0.05) is 30.3 Å². The maximum atomic E-state index is 13.5. The number of benzene rings is 2. The zero-order chi connectivity index (χ0) is 24.4. The summed E-state index contributed by atoms with van der Waals surface area (Å²) in [5.41, 5.74) is 0.820. The van der Waals surface area contributed by atoms with Crippen LogP contribution in [0.3, 0.4) is 0 Å². The molecule has 1 aliphatic rings. The van der Waals surface area contributed by atoms with Crippen molar-refractivity contribution in [1.29, 1.82) is 0 Å². The summed E-state index contributed by atoms with van der Waals surface area (Å²) in [5, 5.41) is 3.33. The van der Waals surface area contributed by atoms with Crippen LogP contribution in [0.25, 0.3) is 22.4 Å². The normalized spacial score (nSPS) is 14.9. The van der Waals surface area contributed by atoms with Crippen molar-refractivity contribution < 1.29 is 22.7 Å². The number of carbonyl (C=O) groups excluding carboxylic acids is 1. The van der Waals surface area contributed by atoms with Crippen molar-refractivity contribution in [3.8, 4) is 11.4 Å². The molecule has 0 atom stereocenters. The van der Waals surface area contributed by atoms with E-state index in [-0.39, 0.29) is 23.7 Å². The van der Waals surface area contributed by atoms with E-state index in [0.29, 0.717) is 34.9 Å². The van der Waals surface area contributed by atoms with Gasteiger partial charge in [0.15, 0.2) is 5.13 Å². The van der Waals surface area contributed by atoms with Crippen molar-refractivity contribution in [3.05, 3.63) is 64.7 Å². The van der Waals surface area contributed by atoms with Gasteiger partial charge in [0.2, 0.25) is 5.91 Å². The molecule has 0 aliphatic carbocycles. The fraction of sp³-hybridized carbons (Fsp3) is 0.292. The van der Waals surface area contributed by atoms with E-state index in [1.165, 1.54) is 29.5 Å². The predicted molar refractivity (Wildman–Crippen MR) is 127 cm³/mol. The molecule has 1 aliphatic heterocycles. The summed E-state index contributed by atoms with van der Waals surface area (Å²) < 4.78 is 45.8. The third kappa shape index (κ3) is 5.37. The third-order valence-corrected chi connectivity index (χ3v) is 6.62. The van der Waals surface area contributed by atoms with Crippen LogP contribution in [-0.4, -0.2) is 52.1 Å². The van der Waals surface area contributed by atoms with Gasteiger partial charge < -0.3 is 15.0 Å². The fourth-order valence-corrected chi connectivity index (χ4v) is 4.92. The zero-order valence-electron chi connectivity index (χ0n) is 18.6. The average Bonchev–Trinajstić information content (AvgIpc) is 3.46. The summed E-state index contributed by atoms with van der Waals surface area (Å²) in [7, 11) is 0. The smallest absolute Gasteiger partial charge is 0.379 e. The number of nitrogens with zero attached hydrogens (tertiary/aromatic N) is 3. The number of H-pyrrole nitrogens is 1. The quantitative estimate of drug-likeness (QED) is 0.400. The minimum Gasteiger partial charge on any atom is -0.379 e. The Morgan fingerprint density at radius 2 is 1.94 bits per heavy atom. The molecule has 0 radical (unpaired) electrons. The second-order valence-electron chi connectivity index (χ2n) is 8.19. The summed E-state index contributed by atoms with van der Waals surface area (Å²) >= 11 is 1.42. The fourth-order valence-electron chi connectivity index (χ4n) is 4.05. The molecule has 1 saturated heterocycles. The highest BCUT2D eigenvalue weighted by Crippen LogP contribution is 2.36. The molecule has 2 aromatic carbocycles. The van der Waals surface area contributed by atoms with Gasteiger partial charge in [-0.15, -0.1) is 11.3 Å². The molecule has 11 heteroatoms. The number of amides is 1. The lowest BCUT2D eigenvalue weighted by Gasteiger charge is -2.25. The number of hydrogen-bond acceptors (Lipinski definition) is 6. The number of alkyl halides is 3. The molecule has 5 rings (SSSR count). The van der Waals surface area contributed by atoms with E-state index in [0.717, 1.165) is 30.6 Å². The average molecular weight is 502 g/mol. The third-order valence-electron chi connectivity index (χ3n) is 5.72. The van der Waals surface area contributed by atoms with Crippen LogP contribution in [0.15, 0.2) is 48.7 Å². The van der Waals surface area contributed by atoms with E-state index in [2.05, 4.69) is 25.2 Å². The van der Waals surface area contributed by atoms with E-state index in [9.17, 15) is 18.0 Å². The number of para-hydroxylation sites is 1. The van der Waals surface area contributed by atoms with Crippen molar-refractivity contribution in [2.45, 2.75) is 19.1 Å². The van der Waals surface area contributed by atoms with Crippen LogP contribution < -0.4 is 5.32 Å². The van der Waals surface area contributed by atoms with E-state index in [1.54, 1.807) is 24.4 Å². The van der Waals surface area contributed by atoms with Gasteiger partial charge in [0.25, 0.3) is 0 Å². The van der Waals surface area contributed by atoms with Crippen molar-refractivity contribution in [3.63, 3.8) is 0 Å². The van der Waals surface area contributed by atoms with Gasteiger partial charge in [-0.05, 0) is 17.7 Å². The molecule has 0 saturated carbocycles. The second kappa shape index (κ2) is 9.76. The molecule has 7 nitrogen and oxygen atoms in total. The van der Waals surface area contributed by atoms with Gasteiger partial charge in [0.1, 0.15) is 5.82 Å². The van der Waals surface area contributed by atoms with Crippen molar-refractivity contribution in [1.82, 2.24) is 19.9 Å². The number of anilines is 1.